The lowest BCUT2D eigenvalue weighted by molar-refractivity contribution is 0.415. The van der Waals surface area contributed by atoms with Crippen LogP contribution < -0.4 is 9.64 Å². The van der Waals surface area contributed by atoms with Gasteiger partial charge in [0.15, 0.2) is 0 Å². The van der Waals surface area contributed by atoms with Crippen molar-refractivity contribution in [3.8, 4) is 5.75 Å². The average Bonchev–Trinajstić information content (AvgIpc) is 2.38. The summed E-state index contributed by atoms with van der Waals surface area (Å²) in [5.74, 6) is 1.68. The van der Waals surface area contributed by atoms with Crippen LogP contribution in [0.2, 0.25) is 0 Å². The molecule has 0 saturated carbocycles. The molecular formula is C13H12Br2N2O. The number of aromatic nitrogens is 1. The number of anilines is 2. The van der Waals surface area contributed by atoms with Crippen LogP contribution in [-0.2, 0) is 0 Å². The van der Waals surface area contributed by atoms with Crippen LogP contribution in [0.1, 0.15) is 0 Å². The topological polar surface area (TPSA) is 25.4 Å². The summed E-state index contributed by atoms with van der Waals surface area (Å²) in [6.07, 6.45) is 1.77. The number of benzene rings is 1. The molecule has 0 amide bonds. The van der Waals surface area contributed by atoms with Gasteiger partial charge in [-0.15, -0.1) is 0 Å². The second-order valence-electron chi connectivity index (χ2n) is 3.72. The first kappa shape index (κ1) is 13.4. The highest BCUT2D eigenvalue weighted by atomic mass is 79.9. The fourth-order valence-corrected chi connectivity index (χ4v) is 2.85. The summed E-state index contributed by atoms with van der Waals surface area (Å²) < 4.78 is 7.10. The van der Waals surface area contributed by atoms with Crippen LogP contribution in [0.25, 0.3) is 0 Å². The molecule has 0 aliphatic heterocycles. The zero-order chi connectivity index (χ0) is 13.1. The number of hydrogen-bond acceptors (Lipinski definition) is 3. The molecule has 94 valence electrons. The third-order valence-electron chi connectivity index (χ3n) is 2.55. The van der Waals surface area contributed by atoms with E-state index < -0.39 is 0 Å². The van der Waals surface area contributed by atoms with E-state index in [1.807, 2.05) is 42.3 Å². The van der Waals surface area contributed by atoms with Crippen molar-refractivity contribution in [2.75, 3.05) is 19.1 Å². The van der Waals surface area contributed by atoms with E-state index in [0.717, 1.165) is 26.2 Å². The second kappa shape index (κ2) is 5.71. The van der Waals surface area contributed by atoms with Crippen LogP contribution in [0.5, 0.6) is 5.75 Å². The quantitative estimate of drug-likeness (QED) is 0.800. The summed E-state index contributed by atoms with van der Waals surface area (Å²) in [4.78, 5) is 6.40. The smallest absolute Gasteiger partial charge is 0.147 e. The van der Waals surface area contributed by atoms with E-state index in [-0.39, 0.29) is 0 Å². The Hall–Kier alpha value is -1.07. The van der Waals surface area contributed by atoms with Crippen molar-refractivity contribution in [2.45, 2.75) is 0 Å². The van der Waals surface area contributed by atoms with Crippen molar-refractivity contribution in [2.24, 2.45) is 0 Å². The molecule has 0 atom stereocenters. The van der Waals surface area contributed by atoms with Gasteiger partial charge in [-0.2, -0.15) is 0 Å². The molecule has 3 nitrogen and oxygen atoms in total. The summed E-state index contributed by atoms with van der Waals surface area (Å²) in [7, 11) is 3.63. The van der Waals surface area contributed by atoms with Gasteiger partial charge in [0.25, 0.3) is 0 Å². The number of pyridine rings is 1. The molecule has 0 aliphatic rings. The highest BCUT2D eigenvalue weighted by molar-refractivity contribution is 9.11. The molecule has 1 aromatic heterocycles. The van der Waals surface area contributed by atoms with E-state index in [0.29, 0.717) is 0 Å². The highest BCUT2D eigenvalue weighted by Gasteiger charge is 2.10. The summed E-state index contributed by atoms with van der Waals surface area (Å²) in [5.41, 5.74) is 1.02. The number of rotatable bonds is 3. The molecule has 0 N–H and O–H groups in total. The lowest BCUT2D eigenvalue weighted by Gasteiger charge is -2.20. The molecule has 18 heavy (non-hydrogen) atoms. The van der Waals surface area contributed by atoms with Crippen molar-refractivity contribution < 1.29 is 4.74 Å². The number of halogens is 2. The Morgan fingerprint density at radius 3 is 2.67 bits per heavy atom. The predicted octanol–water partition coefficient (Wildman–Crippen LogP) is 4.38. The summed E-state index contributed by atoms with van der Waals surface area (Å²) >= 11 is 6.91. The molecule has 0 radical (unpaired) electrons. The molecule has 0 fully saturated rings. The van der Waals surface area contributed by atoms with E-state index in [1.54, 1.807) is 13.3 Å². The average molecular weight is 372 g/mol. The SMILES string of the molecule is COc1cccc(N(C)c2ncc(Br)cc2Br)c1. The van der Waals surface area contributed by atoms with E-state index in [4.69, 9.17) is 4.74 Å². The molecule has 0 saturated heterocycles. The van der Waals surface area contributed by atoms with Gasteiger partial charge in [0.05, 0.1) is 11.6 Å². The van der Waals surface area contributed by atoms with Crippen LogP contribution >= 0.6 is 31.9 Å². The standard InChI is InChI=1S/C13H12Br2N2O/c1-17(10-4-3-5-11(7-10)18-2)13-12(15)6-9(14)8-16-13/h3-8H,1-2H3. The second-order valence-corrected chi connectivity index (χ2v) is 5.49. The van der Waals surface area contributed by atoms with Gasteiger partial charge in [-0.3, -0.25) is 0 Å². The fourth-order valence-electron chi connectivity index (χ4n) is 1.60. The van der Waals surface area contributed by atoms with Crippen LogP contribution in [-0.4, -0.2) is 19.1 Å². The van der Waals surface area contributed by atoms with Gasteiger partial charge in [-0.1, -0.05) is 6.07 Å². The van der Waals surface area contributed by atoms with Crippen LogP contribution in [0, 0.1) is 0 Å². The number of methoxy groups -OCH3 is 1. The van der Waals surface area contributed by atoms with Crippen LogP contribution in [0.4, 0.5) is 11.5 Å². The first-order valence-corrected chi connectivity index (χ1v) is 6.89. The molecule has 5 heteroatoms. The van der Waals surface area contributed by atoms with Crippen molar-refractivity contribution in [1.29, 1.82) is 0 Å². The molecule has 1 heterocycles. The normalized spacial score (nSPS) is 10.2. The molecule has 0 aliphatic carbocycles. The third kappa shape index (κ3) is 2.84. The van der Waals surface area contributed by atoms with Crippen LogP contribution in [0.15, 0.2) is 45.5 Å². The molecule has 1 aromatic carbocycles. The van der Waals surface area contributed by atoms with Crippen molar-refractivity contribution in [3.63, 3.8) is 0 Å². The van der Waals surface area contributed by atoms with Gasteiger partial charge in [0.2, 0.25) is 0 Å². The maximum atomic E-state index is 5.22. The van der Waals surface area contributed by atoms with E-state index >= 15 is 0 Å². The minimum Gasteiger partial charge on any atom is -0.497 e. The predicted molar refractivity (Wildman–Crippen MR) is 80.7 cm³/mol. The van der Waals surface area contributed by atoms with Gasteiger partial charge >= 0.3 is 0 Å². The van der Waals surface area contributed by atoms with Crippen LogP contribution in [0.3, 0.4) is 0 Å². The Balaban J connectivity index is 2.37. The highest BCUT2D eigenvalue weighted by Crippen LogP contribution is 2.31. The fraction of sp³-hybridized carbons (Fsp3) is 0.154. The summed E-state index contributed by atoms with van der Waals surface area (Å²) in [6.45, 7) is 0. The molecule has 0 unspecified atom stereocenters. The molecule has 0 bridgehead atoms. The van der Waals surface area contributed by atoms with Gasteiger partial charge < -0.3 is 9.64 Å². The largest absolute Gasteiger partial charge is 0.497 e. The lowest BCUT2D eigenvalue weighted by Crippen LogP contribution is -2.11. The Morgan fingerprint density at radius 2 is 2.00 bits per heavy atom. The summed E-state index contributed by atoms with van der Waals surface area (Å²) in [5, 5.41) is 0. The van der Waals surface area contributed by atoms with E-state index in [9.17, 15) is 0 Å². The van der Waals surface area contributed by atoms with Gasteiger partial charge in [0, 0.05) is 29.5 Å². The van der Waals surface area contributed by atoms with E-state index in [1.165, 1.54) is 0 Å². The molecular weight excluding hydrogens is 360 g/mol. The number of ether oxygens (including phenoxy) is 1. The minimum absolute atomic E-state index is 0.826. The number of hydrogen-bond donors (Lipinski definition) is 0. The van der Waals surface area contributed by atoms with E-state index in [2.05, 4.69) is 36.8 Å². The van der Waals surface area contributed by atoms with Gasteiger partial charge in [-0.25, -0.2) is 4.98 Å². The Kier molecular flexibility index (Phi) is 4.24. The van der Waals surface area contributed by atoms with Gasteiger partial charge in [-0.05, 0) is 50.1 Å². The lowest BCUT2D eigenvalue weighted by atomic mass is 10.2. The summed E-state index contributed by atoms with van der Waals surface area (Å²) in [6, 6.07) is 9.83. The van der Waals surface area contributed by atoms with Gasteiger partial charge in [0.1, 0.15) is 11.6 Å². The zero-order valence-corrected chi connectivity index (χ0v) is 13.2. The maximum absolute atomic E-state index is 5.22. The Bertz CT molecular complexity index is 560. The first-order valence-electron chi connectivity index (χ1n) is 5.30. The minimum atomic E-state index is 0.826. The molecule has 2 aromatic rings. The molecule has 0 spiro atoms. The Labute approximate surface area is 123 Å². The zero-order valence-electron chi connectivity index (χ0n) is 10.0. The number of nitrogens with zero attached hydrogens (tertiary/aromatic N) is 2. The molecule has 2 rings (SSSR count). The van der Waals surface area contributed by atoms with Crippen molar-refractivity contribution >= 4 is 43.4 Å². The van der Waals surface area contributed by atoms with Crippen molar-refractivity contribution in [1.82, 2.24) is 4.98 Å². The third-order valence-corrected chi connectivity index (χ3v) is 3.56. The maximum Gasteiger partial charge on any atom is 0.147 e. The first-order chi connectivity index (χ1) is 8.61. The van der Waals surface area contributed by atoms with Crippen molar-refractivity contribution in [3.05, 3.63) is 45.5 Å². The Morgan fingerprint density at radius 1 is 1.22 bits per heavy atom. The monoisotopic (exact) mass is 370 g/mol.